The first-order chi connectivity index (χ1) is 22.8. The van der Waals surface area contributed by atoms with E-state index in [0.717, 1.165) is 27.6 Å². The van der Waals surface area contributed by atoms with E-state index >= 15 is 0 Å². The molecule has 0 atom stereocenters. The third-order valence-electron chi connectivity index (χ3n) is 9.62. The van der Waals surface area contributed by atoms with E-state index in [9.17, 15) is 0 Å². The van der Waals surface area contributed by atoms with Crippen molar-refractivity contribution in [2.45, 2.75) is 0 Å². The van der Waals surface area contributed by atoms with Crippen LogP contribution in [0.2, 0.25) is 0 Å². The lowest BCUT2D eigenvalue weighted by Crippen LogP contribution is -1.93. The molecule has 0 spiro atoms. The fourth-order valence-electron chi connectivity index (χ4n) is 7.60. The Bertz CT molecular complexity index is 2730. The molecule has 8 aromatic carbocycles. The summed E-state index contributed by atoms with van der Waals surface area (Å²) in [5, 5.41) is 9.64. The molecular weight excluding hydrogens is 558 g/mol. The largest absolute Gasteiger partial charge is 0.456 e. The van der Waals surface area contributed by atoms with E-state index in [1.165, 1.54) is 65.6 Å². The van der Waals surface area contributed by atoms with Crippen LogP contribution in [0.5, 0.6) is 0 Å². The van der Waals surface area contributed by atoms with Gasteiger partial charge < -0.3 is 8.98 Å². The summed E-state index contributed by atoms with van der Waals surface area (Å²) in [6.45, 7) is 0. The van der Waals surface area contributed by atoms with E-state index in [-0.39, 0.29) is 0 Å². The van der Waals surface area contributed by atoms with Crippen LogP contribution in [0, 0.1) is 0 Å². The fourth-order valence-corrected chi connectivity index (χ4v) is 7.60. The maximum absolute atomic E-state index is 6.77. The van der Waals surface area contributed by atoms with Crippen molar-refractivity contribution >= 4 is 65.3 Å². The summed E-state index contributed by atoms with van der Waals surface area (Å²) in [4.78, 5) is 0. The van der Waals surface area contributed by atoms with Crippen LogP contribution in [-0.2, 0) is 0 Å². The van der Waals surface area contributed by atoms with Gasteiger partial charge in [-0.15, -0.1) is 0 Å². The highest BCUT2D eigenvalue weighted by Gasteiger charge is 2.16. The number of hydrogen-bond acceptors (Lipinski definition) is 1. The van der Waals surface area contributed by atoms with E-state index in [2.05, 4.69) is 168 Å². The summed E-state index contributed by atoms with van der Waals surface area (Å²) in [7, 11) is 0. The number of benzene rings is 8. The molecule has 214 valence electrons. The van der Waals surface area contributed by atoms with Crippen LogP contribution in [0.1, 0.15) is 0 Å². The molecule has 0 aliphatic rings. The van der Waals surface area contributed by atoms with Gasteiger partial charge >= 0.3 is 0 Å². The molecule has 0 radical (unpaired) electrons. The van der Waals surface area contributed by atoms with Crippen LogP contribution < -0.4 is 0 Å². The Balaban J connectivity index is 1.19. The second-order valence-electron chi connectivity index (χ2n) is 12.1. The second kappa shape index (κ2) is 9.69. The predicted molar refractivity (Wildman–Crippen MR) is 194 cm³/mol. The van der Waals surface area contributed by atoms with Gasteiger partial charge in [0.2, 0.25) is 0 Å². The van der Waals surface area contributed by atoms with Crippen molar-refractivity contribution in [3.05, 3.63) is 164 Å². The van der Waals surface area contributed by atoms with Crippen LogP contribution in [0.15, 0.2) is 168 Å². The smallest absolute Gasteiger partial charge is 0.135 e. The summed E-state index contributed by atoms with van der Waals surface area (Å²) in [6.07, 6.45) is 0. The molecule has 0 fully saturated rings. The second-order valence-corrected chi connectivity index (χ2v) is 12.1. The SMILES string of the molecule is c1ccc(-c2ccc3oc4ccc(-c5ccc(-n6c7ccccc7c7ccccc76)cc5)c5cccc(c6cccc2c36)c45)cc1. The molecule has 2 heterocycles. The van der Waals surface area contributed by atoms with Gasteiger partial charge in [0.05, 0.1) is 11.0 Å². The minimum atomic E-state index is 0.890. The molecule has 0 saturated heterocycles. The molecule has 0 bridgehead atoms. The van der Waals surface area contributed by atoms with Crippen LogP contribution in [0.3, 0.4) is 0 Å². The molecule has 0 unspecified atom stereocenters. The Kier molecular flexibility index (Phi) is 5.31. The summed E-state index contributed by atoms with van der Waals surface area (Å²) in [5.74, 6) is 0. The molecule has 46 heavy (non-hydrogen) atoms. The summed E-state index contributed by atoms with van der Waals surface area (Å²) < 4.78 is 9.14. The average molecular weight is 586 g/mol. The minimum Gasteiger partial charge on any atom is -0.456 e. The lowest BCUT2D eigenvalue weighted by Gasteiger charge is -2.12. The molecule has 10 rings (SSSR count). The minimum absolute atomic E-state index is 0.890. The number of nitrogens with zero attached hydrogens (tertiary/aromatic N) is 1. The molecule has 0 amide bonds. The van der Waals surface area contributed by atoms with Gasteiger partial charge in [0.1, 0.15) is 11.2 Å². The third kappa shape index (κ3) is 3.59. The Morgan fingerprint density at radius 1 is 0.326 bits per heavy atom. The van der Waals surface area contributed by atoms with Gasteiger partial charge in [-0.2, -0.15) is 0 Å². The monoisotopic (exact) mass is 585 g/mol. The van der Waals surface area contributed by atoms with Crippen molar-refractivity contribution < 1.29 is 4.42 Å². The number of para-hydroxylation sites is 2. The van der Waals surface area contributed by atoms with E-state index in [4.69, 9.17) is 4.42 Å². The summed E-state index contributed by atoms with van der Waals surface area (Å²) >= 11 is 0. The fraction of sp³-hybridized carbons (Fsp3) is 0. The van der Waals surface area contributed by atoms with Gasteiger partial charge in [-0.1, -0.05) is 127 Å². The first kappa shape index (κ1) is 25.2. The van der Waals surface area contributed by atoms with Crippen molar-refractivity contribution in [1.29, 1.82) is 0 Å². The molecule has 0 aliphatic carbocycles. The number of rotatable bonds is 3. The molecule has 10 aromatic rings. The number of aromatic nitrogens is 1. The van der Waals surface area contributed by atoms with Crippen LogP contribution >= 0.6 is 0 Å². The van der Waals surface area contributed by atoms with Gasteiger partial charge in [0.15, 0.2) is 0 Å². The number of hydrogen-bond donors (Lipinski definition) is 0. The summed E-state index contributed by atoms with van der Waals surface area (Å²) in [5.41, 5.74) is 10.2. The van der Waals surface area contributed by atoms with Crippen molar-refractivity contribution in [2.24, 2.45) is 0 Å². The summed E-state index contributed by atoms with van der Waals surface area (Å²) in [6, 6.07) is 58.9. The Morgan fingerprint density at radius 3 is 1.35 bits per heavy atom. The van der Waals surface area contributed by atoms with E-state index < -0.39 is 0 Å². The van der Waals surface area contributed by atoms with E-state index in [0.29, 0.717) is 0 Å². The highest BCUT2D eigenvalue weighted by Crippen LogP contribution is 2.42. The van der Waals surface area contributed by atoms with Crippen molar-refractivity contribution in [1.82, 2.24) is 4.57 Å². The zero-order chi connectivity index (χ0) is 30.2. The molecule has 2 aromatic heterocycles. The van der Waals surface area contributed by atoms with Crippen LogP contribution in [0.4, 0.5) is 0 Å². The molecule has 0 aliphatic heterocycles. The maximum atomic E-state index is 6.77. The highest BCUT2D eigenvalue weighted by molar-refractivity contribution is 6.26. The lowest BCUT2D eigenvalue weighted by atomic mass is 9.92. The molecule has 0 saturated carbocycles. The molecule has 2 heteroatoms. The van der Waals surface area contributed by atoms with Gasteiger partial charge in [0, 0.05) is 27.2 Å². The molecular formula is C44H27NO. The zero-order valence-corrected chi connectivity index (χ0v) is 24.9. The van der Waals surface area contributed by atoms with E-state index in [1.807, 2.05) is 0 Å². The molecule has 0 N–H and O–H groups in total. The van der Waals surface area contributed by atoms with E-state index in [1.54, 1.807) is 0 Å². The quantitative estimate of drug-likeness (QED) is 0.202. The Hall–Kier alpha value is -6.12. The van der Waals surface area contributed by atoms with Gasteiger partial charge in [0.25, 0.3) is 0 Å². The average Bonchev–Trinajstić information content (AvgIpc) is 3.38. The first-order valence-corrected chi connectivity index (χ1v) is 15.8. The van der Waals surface area contributed by atoms with Crippen molar-refractivity contribution in [3.8, 4) is 27.9 Å². The van der Waals surface area contributed by atoms with Crippen LogP contribution in [0.25, 0.3) is 93.2 Å². The van der Waals surface area contributed by atoms with Crippen molar-refractivity contribution in [2.75, 3.05) is 0 Å². The standard InChI is InChI=1S/C44H27NO/c1-2-10-28(11-3-1)31-24-26-41-43-35(31)14-8-16-37(43)38-17-9-15-36-32(25-27-42(46-41)44(36)38)29-20-22-30(23-21-29)45-39-18-6-4-12-33(39)34-13-5-7-19-40(34)45/h1-27H. The normalized spacial score (nSPS) is 11.9. The van der Waals surface area contributed by atoms with Gasteiger partial charge in [-0.05, 0) is 80.2 Å². The Labute approximate surface area is 265 Å². The van der Waals surface area contributed by atoms with Gasteiger partial charge in [-0.25, -0.2) is 0 Å². The molecule has 2 nitrogen and oxygen atoms in total. The Morgan fingerprint density at radius 2 is 0.783 bits per heavy atom. The van der Waals surface area contributed by atoms with Crippen LogP contribution in [-0.4, -0.2) is 4.57 Å². The highest BCUT2D eigenvalue weighted by atomic mass is 16.3. The third-order valence-corrected chi connectivity index (χ3v) is 9.62. The zero-order valence-electron chi connectivity index (χ0n) is 24.9. The maximum Gasteiger partial charge on any atom is 0.135 e. The lowest BCUT2D eigenvalue weighted by molar-refractivity contribution is 0.664. The number of fused-ring (bicyclic) bond motifs is 4. The van der Waals surface area contributed by atoms with Gasteiger partial charge in [-0.3, -0.25) is 0 Å². The first-order valence-electron chi connectivity index (χ1n) is 15.8. The topological polar surface area (TPSA) is 18.1 Å². The predicted octanol–water partition coefficient (Wildman–Crippen LogP) is 12.3. The van der Waals surface area contributed by atoms with Crippen molar-refractivity contribution in [3.63, 3.8) is 0 Å².